The molecule has 0 aromatic carbocycles. The molecular weight excluding hydrogens is 114 g/mol. The van der Waals surface area contributed by atoms with E-state index < -0.39 is 0 Å². The minimum Gasteiger partial charge on any atom is -0.395 e. The van der Waals surface area contributed by atoms with Crippen LogP contribution < -0.4 is 0 Å². The van der Waals surface area contributed by atoms with Gasteiger partial charge in [0, 0.05) is 18.8 Å². The third-order valence-electron chi connectivity index (χ3n) is 0.945. The molecule has 2 nitrogen and oxygen atoms in total. The lowest BCUT2D eigenvalue weighted by Gasteiger charge is -1.91. The number of hydrogen-bond acceptors (Lipinski definition) is 2. The van der Waals surface area contributed by atoms with Crippen LogP contribution in [0.25, 0.3) is 0 Å². The van der Waals surface area contributed by atoms with Crippen molar-refractivity contribution < 1.29 is 5.11 Å². The fourth-order valence-corrected chi connectivity index (χ4v) is 0.559. The summed E-state index contributed by atoms with van der Waals surface area (Å²) in [6, 6.07) is 3.64. The molecule has 1 rings (SSSR count). The smallest absolute Gasteiger partial charge is 0.0548 e. The molecule has 1 aromatic rings. The van der Waals surface area contributed by atoms with E-state index in [-0.39, 0.29) is 6.61 Å². The van der Waals surface area contributed by atoms with Gasteiger partial charge in [-0.3, -0.25) is 4.98 Å². The van der Waals surface area contributed by atoms with E-state index in [2.05, 4.69) is 11.4 Å². The average Bonchev–Trinajstić information content (AvgIpc) is 1.91. The van der Waals surface area contributed by atoms with Crippen LogP contribution in [0.4, 0.5) is 0 Å². The molecule has 46 valence electrons. The van der Waals surface area contributed by atoms with Crippen LogP contribution >= 0.6 is 0 Å². The monoisotopic (exact) mass is 121 g/mol. The molecule has 0 aliphatic carbocycles. The highest BCUT2D eigenvalue weighted by Gasteiger charge is 1.87. The number of aliphatic hydroxyl groups excluding tert-OH is 1. The Kier molecular flexibility index (Phi) is 2.22. The van der Waals surface area contributed by atoms with E-state index in [1.807, 2.05) is 6.07 Å². The van der Waals surface area contributed by atoms with Crippen LogP contribution in [0.15, 0.2) is 24.5 Å². The average molecular weight is 121 g/mol. The second-order valence-electron chi connectivity index (χ2n) is 1.58. The van der Waals surface area contributed by atoms with Crippen LogP contribution in [0.2, 0.25) is 0 Å². The fourth-order valence-electron chi connectivity index (χ4n) is 0.559. The number of nitrogens with zero attached hydrogens (tertiary/aromatic N) is 1. The first-order valence-electron chi connectivity index (χ1n) is 2.68. The van der Waals surface area contributed by atoms with Gasteiger partial charge >= 0.3 is 0 Å². The number of rotatable bonds is 2. The lowest BCUT2D eigenvalue weighted by molar-refractivity contribution is 0.331. The zero-order valence-corrected chi connectivity index (χ0v) is 4.91. The van der Waals surface area contributed by atoms with Gasteiger partial charge in [-0.15, -0.1) is 0 Å². The maximum atomic E-state index is 8.38. The summed E-state index contributed by atoms with van der Waals surface area (Å²) in [6.45, 7) is -0.0499. The van der Waals surface area contributed by atoms with E-state index >= 15 is 0 Å². The molecule has 0 atom stereocenters. The summed E-state index contributed by atoms with van der Waals surface area (Å²) in [5, 5.41) is 8.38. The number of hydrogen-bond donors (Lipinski definition) is 1. The maximum Gasteiger partial charge on any atom is 0.0548 e. The largest absolute Gasteiger partial charge is 0.395 e. The van der Waals surface area contributed by atoms with Crippen LogP contribution in [0.5, 0.6) is 0 Å². The second-order valence-corrected chi connectivity index (χ2v) is 1.58. The third kappa shape index (κ3) is 1.82. The van der Waals surface area contributed by atoms with Crippen LogP contribution in [-0.2, 0) is 0 Å². The summed E-state index contributed by atoms with van der Waals surface area (Å²) in [5.74, 6) is 0. The molecular formula is C7H7NO. The quantitative estimate of drug-likeness (QED) is 0.618. The van der Waals surface area contributed by atoms with Gasteiger partial charge in [0.15, 0.2) is 0 Å². The summed E-state index contributed by atoms with van der Waals surface area (Å²) < 4.78 is 0. The van der Waals surface area contributed by atoms with Crippen molar-refractivity contribution in [2.75, 3.05) is 6.61 Å². The van der Waals surface area contributed by atoms with Gasteiger partial charge < -0.3 is 5.11 Å². The van der Waals surface area contributed by atoms with Crippen molar-refractivity contribution in [2.45, 2.75) is 0 Å². The molecule has 0 saturated heterocycles. The zero-order chi connectivity index (χ0) is 6.53. The molecule has 0 aliphatic rings. The van der Waals surface area contributed by atoms with Gasteiger partial charge in [0.05, 0.1) is 6.61 Å². The molecule has 9 heavy (non-hydrogen) atoms. The third-order valence-corrected chi connectivity index (χ3v) is 0.945. The highest BCUT2D eigenvalue weighted by Crippen LogP contribution is 1.96. The Balaban J connectivity index is 2.61. The lowest BCUT2D eigenvalue weighted by atomic mass is 10.2. The van der Waals surface area contributed by atoms with Crippen molar-refractivity contribution >= 4 is 0 Å². The Labute approximate surface area is 54.2 Å². The predicted octanol–water partition coefficient (Wildman–Crippen LogP) is 0.503. The number of aliphatic hydroxyl groups is 1. The van der Waals surface area contributed by atoms with Crippen molar-refractivity contribution in [3.8, 4) is 0 Å². The maximum absolute atomic E-state index is 8.38. The molecule has 0 saturated carbocycles. The van der Waals surface area contributed by atoms with Crippen molar-refractivity contribution in [2.24, 2.45) is 0 Å². The predicted molar refractivity (Wildman–Crippen MR) is 33.7 cm³/mol. The molecule has 0 spiro atoms. The molecule has 1 N–H and O–H groups in total. The summed E-state index contributed by atoms with van der Waals surface area (Å²) >= 11 is 0. The van der Waals surface area contributed by atoms with Crippen LogP contribution in [0.3, 0.4) is 0 Å². The Morgan fingerprint density at radius 3 is 3.11 bits per heavy atom. The summed E-state index contributed by atoms with van der Waals surface area (Å²) in [4.78, 5) is 3.83. The molecule has 1 heterocycles. The molecule has 0 fully saturated rings. The first kappa shape index (κ1) is 6.23. The minimum atomic E-state index is -0.0499. The van der Waals surface area contributed by atoms with E-state index in [1.165, 1.54) is 0 Å². The van der Waals surface area contributed by atoms with Crippen LogP contribution in [-0.4, -0.2) is 16.7 Å². The Bertz CT molecular complexity index is 162. The molecule has 0 aliphatic heterocycles. The summed E-state index contributed by atoms with van der Waals surface area (Å²) in [5.41, 5.74) is 0.833. The molecule has 0 unspecified atom stereocenters. The van der Waals surface area contributed by atoms with Gasteiger partial charge in [0.25, 0.3) is 0 Å². The van der Waals surface area contributed by atoms with Gasteiger partial charge in [-0.1, -0.05) is 6.07 Å². The second kappa shape index (κ2) is 3.20. The van der Waals surface area contributed by atoms with Crippen LogP contribution in [0.1, 0.15) is 5.56 Å². The zero-order valence-electron chi connectivity index (χ0n) is 4.91. The first-order chi connectivity index (χ1) is 4.43. The van der Waals surface area contributed by atoms with E-state index in [4.69, 9.17) is 5.11 Å². The standard InChI is InChI=1S/C7H7NO/c9-5-3-7-2-1-4-8-6-7/h1-2,4,6,9H,5H2. The van der Waals surface area contributed by atoms with Gasteiger partial charge in [0.1, 0.15) is 0 Å². The molecule has 2 radical (unpaired) electrons. The number of pyridine rings is 1. The van der Waals surface area contributed by atoms with Crippen molar-refractivity contribution in [1.82, 2.24) is 4.98 Å². The molecule has 0 bridgehead atoms. The molecule has 2 heteroatoms. The molecule has 1 aromatic heterocycles. The lowest BCUT2D eigenvalue weighted by Crippen LogP contribution is -1.86. The first-order valence-corrected chi connectivity index (χ1v) is 2.68. The van der Waals surface area contributed by atoms with Gasteiger partial charge in [-0.2, -0.15) is 0 Å². The minimum absolute atomic E-state index is 0.0499. The Hall–Kier alpha value is -0.890. The summed E-state index contributed by atoms with van der Waals surface area (Å²) in [7, 11) is 0. The van der Waals surface area contributed by atoms with Crippen LogP contribution in [0, 0.1) is 6.42 Å². The Morgan fingerprint density at radius 2 is 2.56 bits per heavy atom. The normalized spacial score (nSPS) is 9.44. The topological polar surface area (TPSA) is 33.1 Å². The fraction of sp³-hybridized carbons (Fsp3) is 0.143. The van der Waals surface area contributed by atoms with Crippen molar-refractivity contribution in [3.63, 3.8) is 0 Å². The van der Waals surface area contributed by atoms with Gasteiger partial charge in [0.2, 0.25) is 0 Å². The number of aromatic nitrogens is 1. The summed E-state index contributed by atoms with van der Waals surface area (Å²) in [6.07, 6.45) is 6.03. The van der Waals surface area contributed by atoms with Crippen molar-refractivity contribution in [1.29, 1.82) is 0 Å². The van der Waals surface area contributed by atoms with E-state index in [0.717, 1.165) is 5.56 Å². The Morgan fingerprint density at radius 1 is 1.67 bits per heavy atom. The highest BCUT2D eigenvalue weighted by atomic mass is 16.2. The SMILES string of the molecule is OC[C]c1cccnc1. The van der Waals surface area contributed by atoms with E-state index in [9.17, 15) is 0 Å². The molecule has 0 amide bonds. The van der Waals surface area contributed by atoms with E-state index in [1.54, 1.807) is 18.5 Å². The van der Waals surface area contributed by atoms with Gasteiger partial charge in [-0.25, -0.2) is 0 Å². The van der Waals surface area contributed by atoms with Crippen molar-refractivity contribution in [3.05, 3.63) is 36.5 Å². The van der Waals surface area contributed by atoms with Gasteiger partial charge in [-0.05, 0) is 11.6 Å². The van der Waals surface area contributed by atoms with E-state index in [0.29, 0.717) is 0 Å². The highest BCUT2D eigenvalue weighted by molar-refractivity contribution is 5.17.